The molecule has 7 heteroatoms. The van der Waals surface area contributed by atoms with Crippen LogP contribution in [0.5, 0.6) is 11.6 Å². The van der Waals surface area contributed by atoms with E-state index in [1.54, 1.807) is 17.0 Å². The number of carbonyl (C=O) groups is 2. The molecule has 0 aliphatic carbocycles. The number of para-hydroxylation sites is 1. The van der Waals surface area contributed by atoms with Crippen molar-refractivity contribution in [1.29, 1.82) is 0 Å². The first kappa shape index (κ1) is 18.6. The van der Waals surface area contributed by atoms with Crippen molar-refractivity contribution in [2.24, 2.45) is 0 Å². The van der Waals surface area contributed by atoms with Crippen molar-refractivity contribution in [2.75, 3.05) is 25.1 Å². The summed E-state index contributed by atoms with van der Waals surface area (Å²) in [5.41, 5.74) is 0.554. The smallest absolute Gasteiger partial charge is 0.246 e. The van der Waals surface area contributed by atoms with Crippen molar-refractivity contribution in [3.8, 4) is 11.6 Å². The van der Waals surface area contributed by atoms with Gasteiger partial charge in [0.2, 0.25) is 17.7 Å². The lowest BCUT2D eigenvalue weighted by molar-refractivity contribution is -0.136. The highest BCUT2D eigenvalue weighted by Crippen LogP contribution is 2.20. The molecule has 140 valence electrons. The van der Waals surface area contributed by atoms with Crippen LogP contribution >= 0.6 is 0 Å². The number of benzene rings is 1. The van der Waals surface area contributed by atoms with E-state index in [1.165, 1.54) is 12.3 Å². The highest BCUT2D eigenvalue weighted by molar-refractivity contribution is 5.92. The molecular weight excluding hydrogens is 346 g/mol. The number of ether oxygens (including phenoxy) is 2. The molecule has 7 nitrogen and oxygen atoms in total. The maximum atomic E-state index is 12.3. The summed E-state index contributed by atoms with van der Waals surface area (Å²) in [4.78, 5) is 30.0. The summed E-state index contributed by atoms with van der Waals surface area (Å²) in [7, 11) is 0. The average Bonchev–Trinajstić information content (AvgIpc) is 2.70. The van der Waals surface area contributed by atoms with E-state index < -0.39 is 0 Å². The first-order valence-electron chi connectivity index (χ1n) is 8.65. The predicted molar refractivity (Wildman–Crippen MR) is 101 cm³/mol. The highest BCUT2D eigenvalue weighted by atomic mass is 16.5. The number of hydrogen-bond donors (Lipinski definition) is 1. The molecule has 1 fully saturated rings. The van der Waals surface area contributed by atoms with Crippen LogP contribution in [0.3, 0.4) is 0 Å². The molecule has 0 bridgehead atoms. The van der Waals surface area contributed by atoms with Crippen molar-refractivity contribution < 1.29 is 19.1 Å². The molecule has 0 saturated carbocycles. The topological polar surface area (TPSA) is 80.8 Å². The largest absolute Gasteiger partial charge is 0.439 e. The number of rotatable bonds is 6. The molecule has 2 amide bonds. The second-order valence-electron chi connectivity index (χ2n) is 6.02. The first-order valence-corrected chi connectivity index (χ1v) is 8.65. The zero-order chi connectivity index (χ0) is 19.1. The van der Waals surface area contributed by atoms with Crippen molar-refractivity contribution in [2.45, 2.75) is 12.5 Å². The van der Waals surface area contributed by atoms with Crippen molar-refractivity contribution >= 4 is 17.5 Å². The van der Waals surface area contributed by atoms with Gasteiger partial charge in [0.25, 0.3) is 0 Å². The Bertz CT molecular complexity index is 793. The monoisotopic (exact) mass is 367 g/mol. The van der Waals surface area contributed by atoms with Gasteiger partial charge in [-0.2, -0.15) is 0 Å². The minimum absolute atomic E-state index is 0.141. The molecule has 1 aliphatic heterocycles. The van der Waals surface area contributed by atoms with E-state index in [1.807, 2.05) is 30.3 Å². The van der Waals surface area contributed by atoms with Gasteiger partial charge in [-0.3, -0.25) is 9.59 Å². The summed E-state index contributed by atoms with van der Waals surface area (Å²) in [6, 6.07) is 12.4. The highest BCUT2D eigenvalue weighted by Gasteiger charge is 2.27. The summed E-state index contributed by atoms with van der Waals surface area (Å²) in [6.45, 7) is 4.75. The number of morpholine rings is 1. The summed E-state index contributed by atoms with van der Waals surface area (Å²) < 4.78 is 11.0. The van der Waals surface area contributed by atoms with Gasteiger partial charge < -0.3 is 19.7 Å². The molecule has 1 aromatic carbocycles. The van der Waals surface area contributed by atoms with Crippen LogP contribution in [0.25, 0.3) is 0 Å². The number of hydrogen-bond acceptors (Lipinski definition) is 5. The summed E-state index contributed by atoms with van der Waals surface area (Å²) in [5.74, 6) is 0.708. The van der Waals surface area contributed by atoms with Crippen LogP contribution in [-0.2, 0) is 14.3 Å². The van der Waals surface area contributed by atoms with Gasteiger partial charge in [0.15, 0.2) is 0 Å². The third-order valence-corrected chi connectivity index (χ3v) is 4.09. The van der Waals surface area contributed by atoms with Gasteiger partial charge in [-0.25, -0.2) is 4.98 Å². The van der Waals surface area contributed by atoms with Gasteiger partial charge >= 0.3 is 0 Å². The number of aromatic nitrogens is 1. The maximum Gasteiger partial charge on any atom is 0.246 e. The van der Waals surface area contributed by atoms with Gasteiger partial charge in [-0.05, 0) is 24.3 Å². The van der Waals surface area contributed by atoms with Crippen molar-refractivity contribution in [3.63, 3.8) is 0 Å². The molecule has 1 aromatic heterocycles. The Hall–Kier alpha value is -3.19. The molecule has 1 atom stereocenters. The Kier molecular flexibility index (Phi) is 6.17. The minimum Gasteiger partial charge on any atom is -0.439 e. The lowest BCUT2D eigenvalue weighted by Crippen LogP contribution is -2.49. The predicted octanol–water partition coefficient (Wildman–Crippen LogP) is 2.62. The Morgan fingerprint density at radius 1 is 1.30 bits per heavy atom. The lowest BCUT2D eigenvalue weighted by Gasteiger charge is -2.34. The quantitative estimate of drug-likeness (QED) is 0.794. The SMILES string of the molecule is C=CC(=O)N1CCOCC1CC(=O)Nc1ccc(Oc2ccccc2)nc1. The van der Waals surface area contributed by atoms with Crippen LogP contribution in [0.4, 0.5) is 5.69 Å². The molecule has 27 heavy (non-hydrogen) atoms. The number of carbonyl (C=O) groups excluding carboxylic acids is 2. The molecule has 1 saturated heterocycles. The Balaban J connectivity index is 1.55. The van der Waals surface area contributed by atoms with E-state index in [0.29, 0.717) is 37.1 Å². The average molecular weight is 367 g/mol. The molecule has 0 spiro atoms. The fourth-order valence-electron chi connectivity index (χ4n) is 2.78. The second kappa shape index (κ2) is 8.95. The van der Waals surface area contributed by atoms with E-state index >= 15 is 0 Å². The van der Waals surface area contributed by atoms with Crippen LogP contribution in [0.15, 0.2) is 61.3 Å². The van der Waals surface area contributed by atoms with Crippen LogP contribution in [0.1, 0.15) is 6.42 Å². The number of amides is 2. The normalized spacial score (nSPS) is 16.4. The molecule has 0 radical (unpaired) electrons. The molecule has 1 N–H and O–H groups in total. The molecule has 2 heterocycles. The van der Waals surface area contributed by atoms with E-state index in [4.69, 9.17) is 9.47 Å². The zero-order valence-corrected chi connectivity index (χ0v) is 14.8. The van der Waals surface area contributed by atoms with Crippen LogP contribution < -0.4 is 10.1 Å². The Morgan fingerprint density at radius 3 is 2.81 bits per heavy atom. The van der Waals surface area contributed by atoms with Gasteiger partial charge in [-0.15, -0.1) is 0 Å². The second-order valence-corrected chi connectivity index (χ2v) is 6.02. The molecule has 3 rings (SSSR count). The summed E-state index contributed by atoms with van der Waals surface area (Å²) in [6.07, 6.45) is 2.92. The van der Waals surface area contributed by atoms with Gasteiger partial charge in [-0.1, -0.05) is 24.8 Å². The van der Waals surface area contributed by atoms with E-state index in [9.17, 15) is 9.59 Å². The molecule has 2 aromatic rings. The van der Waals surface area contributed by atoms with E-state index in [-0.39, 0.29) is 24.3 Å². The third kappa shape index (κ3) is 5.15. The zero-order valence-electron chi connectivity index (χ0n) is 14.8. The fraction of sp³-hybridized carbons (Fsp3) is 0.250. The lowest BCUT2D eigenvalue weighted by atomic mass is 10.1. The Morgan fingerprint density at radius 2 is 2.11 bits per heavy atom. The number of pyridine rings is 1. The van der Waals surface area contributed by atoms with Crippen LogP contribution in [0, 0.1) is 0 Å². The maximum absolute atomic E-state index is 12.3. The standard InChI is InChI=1S/C20H21N3O4/c1-2-20(25)23-10-11-26-14-16(23)12-18(24)22-15-8-9-19(21-13-15)27-17-6-4-3-5-7-17/h2-9,13,16H,1,10-12,14H2,(H,22,24). The van der Waals surface area contributed by atoms with Gasteiger partial charge in [0.05, 0.1) is 31.1 Å². The Labute approximate surface area is 157 Å². The molecule has 1 unspecified atom stereocenters. The van der Waals surface area contributed by atoms with Crippen LogP contribution in [-0.4, -0.2) is 47.5 Å². The first-order chi connectivity index (χ1) is 13.2. The van der Waals surface area contributed by atoms with Gasteiger partial charge in [0, 0.05) is 19.0 Å². The summed E-state index contributed by atoms with van der Waals surface area (Å²) >= 11 is 0. The van der Waals surface area contributed by atoms with E-state index in [0.717, 1.165) is 0 Å². The summed E-state index contributed by atoms with van der Waals surface area (Å²) in [5, 5.41) is 2.78. The van der Waals surface area contributed by atoms with Crippen molar-refractivity contribution in [3.05, 3.63) is 61.3 Å². The molecular formula is C20H21N3O4. The third-order valence-electron chi connectivity index (χ3n) is 4.09. The van der Waals surface area contributed by atoms with Crippen LogP contribution in [0.2, 0.25) is 0 Å². The minimum atomic E-state index is -0.308. The fourth-order valence-corrected chi connectivity index (χ4v) is 2.78. The number of nitrogens with zero attached hydrogens (tertiary/aromatic N) is 2. The van der Waals surface area contributed by atoms with E-state index in [2.05, 4.69) is 16.9 Å². The van der Waals surface area contributed by atoms with Crippen molar-refractivity contribution in [1.82, 2.24) is 9.88 Å². The number of anilines is 1. The molecule has 1 aliphatic rings. The number of nitrogens with one attached hydrogen (secondary N) is 1. The van der Waals surface area contributed by atoms with Gasteiger partial charge in [0.1, 0.15) is 5.75 Å².